The molecule has 0 fully saturated rings. The first-order chi connectivity index (χ1) is 13.6. The number of aromatic hydroxyl groups is 1. The van der Waals surface area contributed by atoms with Gasteiger partial charge in [0, 0.05) is 11.1 Å². The highest BCUT2D eigenvalue weighted by molar-refractivity contribution is 5.98. The molecule has 0 bridgehead atoms. The Kier molecular flexibility index (Phi) is 4.45. The van der Waals surface area contributed by atoms with Crippen LogP contribution in [-0.2, 0) is 6.54 Å². The lowest BCUT2D eigenvalue weighted by Crippen LogP contribution is -2.01. The summed E-state index contributed by atoms with van der Waals surface area (Å²) >= 11 is 0. The van der Waals surface area contributed by atoms with Gasteiger partial charge in [-0.2, -0.15) is 0 Å². The number of nitroso groups, excluding NO2 is 1. The number of benzene rings is 3. The van der Waals surface area contributed by atoms with Crippen molar-refractivity contribution < 1.29 is 9.84 Å². The van der Waals surface area contributed by atoms with Crippen molar-refractivity contribution in [2.45, 2.75) is 13.5 Å². The van der Waals surface area contributed by atoms with Gasteiger partial charge in [0.15, 0.2) is 5.69 Å². The first kappa shape index (κ1) is 17.6. The first-order valence-electron chi connectivity index (χ1n) is 8.83. The molecule has 3 aromatic carbocycles. The Morgan fingerprint density at radius 1 is 1.04 bits per heavy atom. The lowest BCUT2D eigenvalue weighted by Gasteiger charge is -2.11. The minimum absolute atomic E-state index is 0.00194. The number of aryl methyl sites for hydroxylation is 1. The van der Waals surface area contributed by atoms with Crippen molar-refractivity contribution in [3.63, 3.8) is 0 Å². The van der Waals surface area contributed by atoms with Gasteiger partial charge in [-0.15, -0.1) is 4.91 Å². The molecule has 0 atom stereocenters. The summed E-state index contributed by atoms with van der Waals surface area (Å²) in [5, 5.41) is 14.1. The number of rotatable bonds is 5. The van der Waals surface area contributed by atoms with Gasteiger partial charge in [0.2, 0.25) is 5.88 Å². The molecular formula is C22H19N3O3. The topological polar surface area (TPSA) is 89.8 Å². The van der Waals surface area contributed by atoms with Crippen molar-refractivity contribution >= 4 is 22.3 Å². The van der Waals surface area contributed by atoms with Crippen molar-refractivity contribution in [1.29, 1.82) is 0 Å². The highest BCUT2D eigenvalue weighted by Crippen LogP contribution is 2.41. The monoisotopic (exact) mass is 373 g/mol. The molecular weight excluding hydrogens is 354 g/mol. The Balaban J connectivity index is 1.74. The summed E-state index contributed by atoms with van der Waals surface area (Å²) in [7, 11) is 0. The van der Waals surface area contributed by atoms with Gasteiger partial charge >= 0.3 is 0 Å². The van der Waals surface area contributed by atoms with Crippen molar-refractivity contribution in [2.24, 2.45) is 5.18 Å². The largest absolute Gasteiger partial charge is 0.493 e. The van der Waals surface area contributed by atoms with E-state index in [0.29, 0.717) is 23.4 Å². The molecule has 3 N–H and O–H groups in total. The lowest BCUT2D eigenvalue weighted by atomic mass is 10.1. The van der Waals surface area contributed by atoms with E-state index < -0.39 is 0 Å². The number of aromatic nitrogens is 1. The zero-order chi connectivity index (χ0) is 19.7. The van der Waals surface area contributed by atoms with E-state index in [1.54, 1.807) is 10.6 Å². The van der Waals surface area contributed by atoms with Gasteiger partial charge in [0.05, 0.1) is 12.1 Å². The summed E-state index contributed by atoms with van der Waals surface area (Å²) in [5.41, 5.74) is 8.92. The van der Waals surface area contributed by atoms with Crippen molar-refractivity contribution in [2.75, 3.05) is 5.73 Å². The van der Waals surface area contributed by atoms with Gasteiger partial charge in [0.1, 0.15) is 11.5 Å². The Morgan fingerprint density at radius 3 is 2.54 bits per heavy atom. The zero-order valence-electron chi connectivity index (χ0n) is 15.3. The molecule has 1 aromatic heterocycles. The van der Waals surface area contributed by atoms with E-state index >= 15 is 0 Å². The van der Waals surface area contributed by atoms with E-state index in [1.807, 2.05) is 67.6 Å². The number of nitrogens with two attached hydrogens (primary N) is 1. The maximum atomic E-state index is 11.3. The summed E-state index contributed by atoms with van der Waals surface area (Å²) < 4.78 is 7.55. The number of fused-ring (bicyclic) bond motifs is 1. The quantitative estimate of drug-likeness (QED) is 0.358. The second-order valence-corrected chi connectivity index (χ2v) is 6.65. The molecule has 0 radical (unpaired) electrons. The number of nitrogen functional groups attached to an aromatic ring is 1. The molecule has 0 unspecified atom stereocenters. The number of nitrogens with zero attached hydrogens (tertiary/aromatic N) is 2. The number of hydrogen-bond acceptors (Lipinski definition) is 5. The maximum absolute atomic E-state index is 11.3. The highest BCUT2D eigenvalue weighted by atomic mass is 16.5. The Morgan fingerprint density at radius 2 is 1.79 bits per heavy atom. The summed E-state index contributed by atoms with van der Waals surface area (Å²) in [6, 6.07) is 20.6. The molecule has 0 amide bonds. The fraction of sp³-hybridized carbons (Fsp3) is 0.0909. The lowest BCUT2D eigenvalue weighted by molar-refractivity contribution is 0.429. The summed E-state index contributed by atoms with van der Waals surface area (Å²) in [4.78, 5) is 11.3. The molecule has 0 saturated heterocycles. The van der Waals surface area contributed by atoms with Crippen LogP contribution in [0.3, 0.4) is 0 Å². The fourth-order valence-corrected chi connectivity index (χ4v) is 3.46. The predicted molar refractivity (Wildman–Crippen MR) is 110 cm³/mol. The van der Waals surface area contributed by atoms with E-state index in [2.05, 4.69) is 5.18 Å². The molecule has 0 saturated carbocycles. The number of ether oxygens (including phenoxy) is 1. The summed E-state index contributed by atoms with van der Waals surface area (Å²) in [5.74, 6) is 1.26. The van der Waals surface area contributed by atoms with E-state index in [4.69, 9.17) is 10.5 Å². The van der Waals surface area contributed by atoms with Crippen molar-refractivity contribution in [3.05, 3.63) is 82.8 Å². The predicted octanol–water partition coefficient (Wildman–Crippen LogP) is 5.48. The van der Waals surface area contributed by atoms with Crippen LogP contribution in [0.4, 0.5) is 11.4 Å². The Hall–Kier alpha value is -3.80. The van der Waals surface area contributed by atoms with Crippen LogP contribution in [-0.4, -0.2) is 9.67 Å². The number of hydrogen-bond donors (Lipinski definition) is 2. The van der Waals surface area contributed by atoms with Crippen LogP contribution in [0.15, 0.2) is 71.9 Å². The second-order valence-electron chi connectivity index (χ2n) is 6.65. The van der Waals surface area contributed by atoms with Crippen LogP contribution in [0.1, 0.15) is 11.1 Å². The molecule has 6 nitrogen and oxygen atoms in total. The fourth-order valence-electron chi connectivity index (χ4n) is 3.46. The molecule has 140 valence electrons. The minimum Gasteiger partial charge on any atom is -0.493 e. The number of para-hydroxylation sites is 1. The zero-order valence-corrected chi connectivity index (χ0v) is 15.3. The van der Waals surface area contributed by atoms with Crippen LogP contribution < -0.4 is 10.5 Å². The SMILES string of the molecule is Cc1cc(N)cc2c(N=O)c(O)n(Cc3cccc(Oc4ccccc4)c3)c12. The molecule has 4 aromatic rings. The molecule has 0 aliphatic carbocycles. The van der Waals surface area contributed by atoms with Gasteiger partial charge in [-0.05, 0) is 59.6 Å². The second kappa shape index (κ2) is 7.08. The maximum Gasteiger partial charge on any atom is 0.222 e. The third kappa shape index (κ3) is 3.16. The van der Waals surface area contributed by atoms with E-state index in [0.717, 1.165) is 22.4 Å². The average Bonchev–Trinajstić information content (AvgIpc) is 2.94. The van der Waals surface area contributed by atoms with Crippen LogP contribution >= 0.6 is 0 Å². The van der Waals surface area contributed by atoms with Gasteiger partial charge < -0.3 is 20.1 Å². The molecule has 6 heteroatoms. The highest BCUT2D eigenvalue weighted by Gasteiger charge is 2.20. The van der Waals surface area contributed by atoms with Crippen molar-refractivity contribution in [1.82, 2.24) is 4.57 Å². The summed E-state index contributed by atoms with van der Waals surface area (Å²) in [6.07, 6.45) is 0. The normalized spacial score (nSPS) is 10.9. The Bertz CT molecular complexity index is 1170. The molecule has 0 spiro atoms. The van der Waals surface area contributed by atoms with Gasteiger partial charge in [0.25, 0.3) is 0 Å². The van der Waals surface area contributed by atoms with Crippen molar-refractivity contribution in [3.8, 4) is 17.4 Å². The van der Waals surface area contributed by atoms with Gasteiger partial charge in [-0.3, -0.25) is 0 Å². The van der Waals surface area contributed by atoms with Crippen LogP contribution in [0.25, 0.3) is 10.9 Å². The first-order valence-corrected chi connectivity index (χ1v) is 8.83. The third-order valence-corrected chi connectivity index (χ3v) is 4.62. The van der Waals surface area contributed by atoms with Crippen LogP contribution in [0.2, 0.25) is 0 Å². The average molecular weight is 373 g/mol. The van der Waals surface area contributed by atoms with E-state index in [-0.39, 0.29) is 11.6 Å². The Labute approximate surface area is 161 Å². The summed E-state index contributed by atoms with van der Waals surface area (Å²) in [6.45, 7) is 2.24. The van der Waals surface area contributed by atoms with Crippen LogP contribution in [0, 0.1) is 11.8 Å². The smallest absolute Gasteiger partial charge is 0.222 e. The molecule has 0 aliphatic heterocycles. The third-order valence-electron chi connectivity index (χ3n) is 4.62. The van der Waals surface area contributed by atoms with Gasteiger partial charge in [-0.1, -0.05) is 30.3 Å². The van der Waals surface area contributed by atoms with Gasteiger partial charge in [-0.25, -0.2) is 0 Å². The number of anilines is 1. The molecule has 1 heterocycles. The minimum atomic E-state index is -0.173. The molecule has 0 aliphatic rings. The van der Waals surface area contributed by atoms with E-state index in [1.165, 1.54) is 0 Å². The molecule has 4 rings (SSSR count). The van der Waals surface area contributed by atoms with Crippen LogP contribution in [0.5, 0.6) is 17.4 Å². The van der Waals surface area contributed by atoms with E-state index in [9.17, 15) is 10.0 Å². The standard InChI is InChI=1S/C22H19N3O3/c1-14-10-16(23)12-19-20(24-27)22(26)25(21(14)19)13-15-6-5-9-18(11-15)28-17-7-3-2-4-8-17/h2-12,26H,13,23H2,1H3. The molecule has 28 heavy (non-hydrogen) atoms.